The molecule has 2 rings (SSSR count). The standard InChI is InChI=1S/C14H11ClF2N2O/c1-7-6-8(2-3-9(7)15)14(20)19-13-11(18)5-4-10(16)12(13)17/h2-6H,18H2,1H3,(H,19,20). The summed E-state index contributed by atoms with van der Waals surface area (Å²) in [6.45, 7) is 1.73. The molecule has 0 saturated heterocycles. The summed E-state index contributed by atoms with van der Waals surface area (Å²) in [5.74, 6) is -2.87. The van der Waals surface area contributed by atoms with Crippen LogP contribution in [0.5, 0.6) is 0 Å². The van der Waals surface area contributed by atoms with Crippen molar-refractivity contribution in [2.75, 3.05) is 11.1 Å². The molecule has 104 valence electrons. The van der Waals surface area contributed by atoms with E-state index in [9.17, 15) is 13.6 Å². The molecule has 0 spiro atoms. The number of carbonyl (C=O) groups is 1. The molecule has 0 heterocycles. The van der Waals surface area contributed by atoms with Crippen molar-refractivity contribution in [2.45, 2.75) is 6.92 Å². The van der Waals surface area contributed by atoms with Gasteiger partial charge in [0.15, 0.2) is 11.6 Å². The van der Waals surface area contributed by atoms with Gasteiger partial charge in [0.25, 0.3) is 5.91 Å². The minimum Gasteiger partial charge on any atom is -0.397 e. The lowest BCUT2D eigenvalue weighted by Crippen LogP contribution is -2.15. The van der Waals surface area contributed by atoms with Crippen molar-refractivity contribution < 1.29 is 13.6 Å². The topological polar surface area (TPSA) is 55.1 Å². The Morgan fingerprint density at radius 2 is 1.95 bits per heavy atom. The molecule has 0 aliphatic carbocycles. The minimum atomic E-state index is -1.19. The van der Waals surface area contributed by atoms with Crippen molar-refractivity contribution in [3.05, 3.63) is 58.1 Å². The molecule has 2 aromatic carbocycles. The smallest absolute Gasteiger partial charge is 0.255 e. The Morgan fingerprint density at radius 1 is 1.25 bits per heavy atom. The minimum absolute atomic E-state index is 0.0528. The highest BCUT2D eigenvalue weighted by Gasteiger charge is 2.16. The van der Waals surface area contributed by atoms with Gasteiger partial charge in [-0.3, -0.25) is 4.79 Å². The molecule has 0 aliphatic heterocycles. The van der Waals surface area contributed by atoms with Crippen LogP contribution in [0.1, 0.15) is 15.9 Å². The molecule has 0 radical (unpaired) electrons. The summed E-state index contributed by atoms with van der Waals surface area (Å²) < 4.78 is 26.7. The summed E-state index contributed by atoms with van der Waals surface area (Å²) in [6, 6.07) is 6.66. The summed E-state index contributed by atoms with van der Waals surface area (Å²) in [7, 11) is 0. The van der Waals surface area contributed by atoms with E-state index in [0.29, 0.717) is 10.6 Å². The van der Waals surface area contributed by atoms with Crippen LogP contribution in [-0.2, 0) is 0 Å². The van der Waals surface area contributed by atoms with Crippen molar-refractivity contribution in [1.82, 2.24) is 0 Å². The lowest BCUT2D eigenvalue weighted by Gasteiger charge is -2.10. The Balaban J connectivity index is 2.32. The third kappa shape index (κ3) is 2.72. The molecule has 20 heavy (non-hydrogen) atoms. The van der Waals surface area contributed by atoms with Crippen molar-refractivity contribution in [3.63, 3.8) is 0 Å². The Kier molecular flexibility index (Phi) is 3.90. The predicted molar refractivity (Wildman–Crippen MR) is 74.9 cm³/mol. The fourth-order valence-corrected chi connectivity index (χ4v) is 1.78. The maximum absolute atomic E-state index is 13.6. The highest BCUT2D eigenvalue weighted by atomic mass is 35.5. The van der Waals surface area contributed by atoms with E-state index in [-0.39, 0.29) is 16.9 Å². The fourth-order valence-electron chi connectivity index (χ4n) is 1.66. The van der Waals surface area contributed by atoms with Gasteiger partial charge >= 0.3 is 0 Å². The largest absolute Gasteiger partial charge is 0.397 e. The molecule has 3 nitrogen and oxygen atoms in total. The highest BCUT2D eigenvalue weighted by Crippen LogP contribution is 2.25. The van der Waals surface area contributed by atoms with Crippen LogP contribution >= 0.6 is 11.6 Å². The molecule has 0 aromatic heterocycles. The van der Waals surface area contributed by atoms with Gasteiger partial charge in [-0.2, -0.15) is 0 Å². The third-order valence-electron chi connectivity index (χ3n) is 2.79. The van der Waals surface area contributed by atoms with E-state index in [4.69, 9.17) is 17.3 Å². The summed E-state index contributed by atoms with van der Waals surface area (Å²) in [6.07, 6.45) is 0. The monoisotopic (exact) mass is 296 g/mol. The SMILES string of the molecule is Cc1cc(C(=O)Nc2c(N)ccc(F)c2F)ccc1Cl. The van der Waals surface area contributed by atoms with Gasteiger partial charge in [-0.1, -0.05) is 11.6 Å². The number of halogens is 3. The van der Waals surface area contributed by atoms with E-state index in [0.717, 1.165) is 6.07 Å². The van der Waals surface area contributed by atoms with Crippen LogP contribution in [0.15, 0.2) is 30.3 Å². The number of nitrogens with two attached hydrogens (primary N) is 1. The van der Waals surface area contributed by atoms with Gasteiger partial charge in [-0.05, 0) is 42.8 Å². The van der Waals surface area contributed by atoms with Crippen LogP contribution in [0.2, 0.25) is 5.02 Å². The summed E-state index contributed by atoms with van der Waals surface area (Å²) in [5, 5.41) is 2.77. The van der Waals surface area contributed by atoms with Crippen LogP contribution in [0.4, 0.5) is 20.2 Å². The van der Waals surface area contributed by atoms with Crippen LogP contribution in [0.25, 0.3) is 0 Å². The van der Waals surface area contributed by atoms with Crippen LogP contribution in [0.3, 0.4) is 0 Å². The molecule has 0 atom stereocenters. The van der Waals surface area contributed by atoms with E-state index < -0.39 is 17.5 Å². The Morgan fingerprint density at radius 3 is 2.60 bits per heavy atom. The van der Waals surface area contributed by atoms with Crippen LogP contribution < -0.4 is 11.1 Å². The Labute approximate surface area is 119 Å². The van der Waals surface area contributed by atoms with E-state index in [1.165, 1.54) is 12.1 Å². The number of amides is 1. The lowest BCUT2D eigenvalue weighted by molar-refractivity contribution is 0.102. The van der Waals surface area contributed by atoms with Gasteiger partial charge in [0.2, 0.25) is 0 Å². The predicted octanol–water partition coefficient (Wildman–Crippen LogP) is 3.76. The second kappa shape index (κ2) is 5.46. The Hall–Kier alpha value is -2.14. The second-order valence-corrected chi connectivity index (χ2v) is 4.65. The molecule has 1 amide bonds. The maximum atomic E-state index is 13.6. The third-order valence-corrected chi connectivity index (χ3v) is 3.21. The average Bonchev–Trinajstić information content (AvgIpc) is 2.42. The van der Waals surface area contributed by atoms with Crippen molar-refractivity contribution in [1.29, 1.82) is 0 Å². The molecule has 0 saturated carbocycles. The molecule has 6 heteroatoms. The first-order valence-corrected chi connectivity index (χ1v) is 6.09. The second-order valence-electron chi connectivity index (χ2n) is 4.24. The van der Waals surface area contributed by atoms with Crippen molar-refractivity contribution in [2.24, 2.45) is 0 Å². The Bertz CT molecular complexity index is 689. The zero-order valence-electron chi connectivity index (χ0n) is 10.5. The van der Waals surface area contributed by atoms with E-state index >= 15 is 0 Å². The highest BCUT2D eigenvalue weighted by molar-refractivity contribution is 6.31. The van der Waals surface area contributed by atoms with Gasteiger partial charge in [-0.25, -0.2) is 8.78 Å². The van der Waals surface area contributed by atoms with Gasteiger partial charge < -0.3 is 11.1 Å². The fraction of sp³-hybridized carbons (Fsp3) is 0.0714. The number of aryl methyl sites for hydroxylation is 1. The van der Waals surface area contributed by atoms with E-state index in [1.54, 1.807) is 19.1 Å². The number of nitrogen functional groups attached to an aromatic ring is 1. The number of hydrogen-bond acceptors (Lipinski definition) is 2. The van der Waals surface area contributed by atoms with E-state index in [2.05, 4.69) is 5.32 Å². The first kappa shape index (κ1) is 14.3. The zero-order valence-corrected chi connectivity index (χ0v) is 11.3. The van der Waals surface area contributed by atoms with Gasteiger partial charge in [0, 0.05) is 10.6 Å². The zero-order chi connectivity index (χ0) is 14.9. The molecular formula is C14H11ClF2N2O. The van der Waals surface area contributed by atoms with Gasteiger partial charge in [0.05, 0.1) is 5.69 Å². The molecule has 0 bridgehead atoms. The lowest BCUT2D eigenvalue weighted by atomic mass is 10.1. The number of benzene rings is 2. The average molecular weight is 297 g/mol. The first-order valence-electron chi connectivity index (χ1n) is 5.71. The summed E-state index contributed by atoms with van der Waals surface area (Å²) in [5.41, 5.74) is 6.08. The molecule has 3 N–H and O–H groups in total. The first-order chi connectivity index (χ1) is 9.40. The molecule has 2 aromatic rings. The van der Waals surface area contributed by atoms with Gasteiger partial charge in [-0.15, -0.1) is 0 Å². The van der Waals surface area contributed by atoms with Crippen molar-refractivity contribution in [3.8, 4) is 0 Å². The number of hydrogen-bond donors (Lipinski definition) is 2. The maximum Gasteiger partial charge on any atom is 0.255 e. The van der Waals surface area contributed by atoms with E-state index in [1.807, 2.05) is 0 Å². The number of carbonyl (C=O) groups excluding carboxylic acids is 1. The number of nitrogens with one attached hydrogen (secondary N) is 1. The quantitative estimate of drug-likeness (QED) is 0.829. The van der Waals surface area contributed by atoms with Crippen LogP contribution in [-0.4, -0.2) is 5.91 Å². The normalized spacial score (nSPS) is 10.4. The molecule has 0 fully saturated rings. The van der Waals surface area contributed by atoms with Crippen LogP contribution in [0, 0.1) is 18.6 Å². The number of anilines is 2. The molecule has 0 aliphatic rings. The molecule has 0 unspecified atom stereocenters. The van der Waals surface area contributed by atoms with Crippen molar-refractivity contribution >= 4 is 28.9 Å². The number of rotatable bonds is 2. The summed E-state index contributed by atoms with van der Waals surface area (Å²) in [4.78, 5) is 12.0. The molecular weight excluding hydrogens is 286 g/mol. The summed E-state index contributed by atoms with van der Waals surface area (Å²) >= 11 is 5.86. The van der Waals surface area contributed by atoms with Gasteiger partial charge in [0.1, 0.15) is 5.69 Å².